The lowest BCUT2D eigenvalue weighted by molar-refractivity contribution is -0.870. The molecule has 0 N–H and O–H groups in total. The van der Waals surface area contributed by atoms with Crippen molar-refractivity contribution in [2.45, 2.75) is 302 Å². The highest BCUT2D eigenvalue weighted by atomic mass is 31.2. The molecule has 494 valence electrons. The van der Waals surface area contributed by atoms with Crippen molar-refractivity contribution in [3.05, 3.63) is 122 Å². The minimum Gasteiger partial charge on any atom is -0.756 e. The summed E-state index contributed by atoms with van der Waals surface area (Å²) in [4.78, 5) is 38.0. The Labute approximate surface area is 530 Å². The molecule has 0 aromatic heterocycles. The molecular formula is C76H132NO8P. The Bertz CT molecular complexity index is 1870. The number of rotatable bonds is 64. The summed E-state index contributed by atoms with van der Waals surface area (Å²) < 4.78 is 34.2. The molecule has 0 aliphatic carbocycles. The van der Waals surface area contributed by atoms with E-state index in [1.54, 1.807) is 0 Å². The summed E-state index contributed by atoms with van der Waals surface area (Å²) >= 11 is 0. The average Bonchev–Trinajstić information content (AvgIpc) is 3.70. The van der Waals surface area contributed by atoms with E-state index >= 15 is 0 Å². The Kier molecular flexibility index (Phi) is 63.1. The Hall–Kier alpha value is -3.59. The highest BCUT2D eigenvalue weighted by Crippen LogP contribution is 2.38. The van der Waals surface area contributed by atoms with Gasteiger partial charge in [-0.05, 0) is 89.9 Å². The number of phosphoric acid groups is 1. The summed E-state index contributed by atoms with van der Waals surface area (Å²) in [6.45, 7) is 4.10. The normalized spacial score (nSPS) is 13.9. The van der Waals surface area contributed by atoms with Gasteiger partial charge in [0.25, 0.3) is 7.82 Å². The number of carbonyl (C=O) groups is 2. The molecule has 0 fully saturated rings. The lowest BCUT2D eigenvalue weighted by Gasteiger charge is -2.28. The molecule has 0 saturated carbocycles. The number of phosphoric ester groups is 1. The Morgan fingerprint density at radius 3 is 0.988 bits per heavy atom. The van der Waals surface area contributed by atoms with E-state index in [0.29, 0.717) is 17.4 Å². The average molecular weight is 1220 g/mol. The van der Waals surface area contributed by atoms with Crippen molar-refractivity contribution in [1.82, 2.24) is 0 Å². The minimum atomic E-state index is -4.66. The molecule has 9 nitrogen and oxygen atoms in total. The largest absolute Gasteiger partial charge is 0.756 e. The fourth-order valence-corrected chi connectivity index (χ4v) is 10.4. The number of carbonyl (C=O) groups excluding carboxylic acids is 2. The minimum absolute atomic E-state index is 0.0444. The van der Waals surface area contributed by atoms with E-state index in [1.165, 1.54) is 167 Å². The van der Waals surface area contributed by atoms with Gasteiger partial charge in [-0.1, -0.05) is 315 Å². The van der Waals surface area contributed by atoms with Gasteiger partial charge in [-0.25, -0.2) is 0 Å². The van der Waals surface area contributed by atoms with Crippen molar-refractivity contribution in [3.8, 4) is 0 Å². The van der Waals surface area contributed by atoms with Crippen LogP contribution in [0.2, 0.25) is 0 Å². The first-order chi connectivity index (χ1) is 42.0. The predicted molar refractivity (Wildman–Crippen MR) is 369 cm³/mol. The summed E-state index contributed by atoms with van der Waals surface area (Å²) in [7, 11) is 1.13. The molecule has 2 atom stereocenters. The van der Waals surface area contributed by atoms with E-state index in [-0.39, 0.29) is 26.1 Å². The van der Waals surface area contributed by atoms with Crippen LogP contribution in [0, 0.1) is 0 Å². The van der Waals surface area contributed by atoms with Crippen LogP contribution in [-0.4, -0.2) is 70.0 Å². The molecule has 0 radical (unpaired) electrons. The van der Waals surface area contributed by atoms with Crippen LogP contribution in [0.3, 0.4) is 0 Å². The van der Waals surface area contributed by atoms with Gasteiger partial charge < -0.3 is 27.9 Å². The van der Waals surface area contributed by atoms with Crippen LogP contribution in [0.25, 0.3) is 0 Å². The lowest BCUT2D eigenvalue weighted by Crippen LogP contribution is -2.37. The molecule has 0 saturated heterocycles. The van der Waals surface area contributed by atoms with E-state index < -0.39 is 32.5 Å². The summed E-state index contributed by atoms with van der Waals surface area (Å²) in [5, 5.41) is 0. The molecule has 0 aromatic carbocycles. The number of ether oxygens (including phenoxy) is 2. The summed E-state index contributed by atoms with van der Waals surface area (Å²) in [5.41, 5.74) is 0. The van der Waals surface area contributed by atoms with E-state index in [4.69, 9.17) is 18.5 Å². The summed E-state index contributed by atoms with van der Waals surface area (Å²) in [5.74, 6) is -0.882. The van der Waals surface area contributed by atoms with Gasteiger partial charge in [-0.15, -0.1) is 0 Å². The van der Waals surface area contributed by atoms with Crippen molar-refractivity contribution in [3.63, 3.8) is 0 Å². The molecule has 0 amide bonds. The summed E-state index contributed by atoms with van der Waals surface area (Å²) in [6, 6.07) is 0. The molecule has 0 rings (SSSR count). The number of allylic oxidation sites excluding steroid dienone is 20. The van der Waals surface area contributed by atoms with E-state index in [9.17, 15) is 19.0 Å². The van der Waals surface area contributed by atoms with Gasteiger partial charge in [0.1, 0.15) is 19.8 Å². The number of quaternary nitrogens is 1. The van der Waals surface area contributed by atoms with E-state index in [0.717, 1.165) is 96.3 Å². The maximum atomic E-state index is 12.8. The van der Waals surface area contributed by atoms with Crippen molar-refractivity contribution < 1.29 is 42.1 Å². The van der Waals surface area contributed by atoms with Crippen LogP contribution < -0.4 is 4.89 Å². The topological polar surface area (TPSA) is 111 Å². The molecule has 86 heavy (non-hydrogen) atoms. The van der Waals surface area contributed by atoms with Gasteiger partial charge in [0.05, 0.1) is 27.7 Å². The molecule has 0 aromatic rings. The number of hydrogen-bond donors (Lipinski definition) is 0. The van der Waals surface area contributed by atoms with Crippen LogP contribution in [0.5, 0.6) is 0 Å². The third-order valence-electron chi connectivity index (χ3n) is 15.0. The molecule has 0 bridgehead atoms. The van der Waals surface area contributed by atoms with Crippen LogP contribution in [0.4, 0.5) is 0 Å². The first-order valence-corrected chi connectivity index (χ1v) is 36.7. The molecule has 0 heterocycles. The Morgan fingerprint density at radius 1 is 0.372 bits per heavy atom. The number of likely N-dealkylation sites (N-methyl/N-ethyl adjacent to an activating group) is 1. The van der Waals surface area contributed by atoms with Crippen molar-refractivity contribution in [2.75, 3.05) is 47.5 Å². The van der Waals surface area contributed by atoms with Crippen molar-refractivity contribution >= 4 is 19.8 Å². The highest BCUT2D eigenvalue weighted by Gasteiger charge is 2.22. The van der Waals surface area contributed by atoms with Crippen LogP contribution in [-0.2, 0) is 32.7 Å². The van der Waals surface area contributed by atoms with Gasteiger partial charge >= 0.3 is 11.9 Å². The molecule has 0 spiro atoms. The molecule has 2 unspecified atom stereocenters. The second kappa shape index (κ2) is 65.8. The molecule has 0 aliphatic rings. The SMILES string of the molecule is CC/C=C\C/C=C\C/C=C\C/C=C\C/C=C\C/C=C\C/C=C\C/C=C\C/C=C\C/C=C\CCCCC(=O)OC(COC(=O)CCCCCCCCCCCCCCCCCCCCCCCCCCCCCCC)COP(=O)([O-])OCC[N+](C)(C)C. The molecule has 10 heteroatoms. The standard InChI is InChI=1S/C76H132NO8P/c1-6-8-10-12-14-16-18-20-22-24-26-28-30-32-34-36-37-38-39-41-43-45-47-49-51-53-55-57-59-61-63-65-67-69-76(79)85-74(73-84-86(80,81)83-71-70-77(3,4)5)72-82-75(78)68-66-64-62-60-58-56-54-52-50-48-46-44-42-40-35-33-31-29-27-25-23-21-19-17-15-13-11-9-7-2/h8,10,14,16,20,22,26,28,32,34,37-38,41,43,47,49,53,55,59,61,74H,6-7,9,11-13,15,17-19,21,23-25,27,29-31,33,35-36,39-40,42,44-46,48,50-52,54,56-58,60,62-73H2,1-5H3/b10-8-,16-14-,22-20-,28-26-,34-32-,38-37-,43-41-,49-47-,55-53-,61-59-. The van der Waals surface area contributed by atoms with E-state index in [1.807, 2.05) is 21.1 Å². The van der Waals surface area contributed by atoms with Gasteiger partial charge in [-0.3, -0.25) is 14.2 Å². The molecule has 0 aliphatic heterocycles. The molecular weight excluding hydrogens is 1090 g/mol. The zero-order valence-electron chi connectivity index (χ0n) is 56.2. The van der Waals surface area contributed by atoms with Gasteiger partial charge in [0.2, 0.25) is 0 Å². The summed E-state index contributed by atoms with van der Waals surface area (Å²) in [6.07, 6.45) is 94.3. The number of hydrogen-bond acceptors (Lipinski definition) is 8. The number of nitrogens with zero attached hydrogens (tertiary/aromatic N) is 1. The van der Waals surface area contributed by atoms with E-state index in [2.05, 4.69) is 135 Å². The maximum Gasteiger partial charge on any atom is 0.306 e. The first-order valence-electron chi connectivity index (χ1n) is 35.2. The third kappa shape index (κ3) is 69.5. The third-order valence-corrected chi connectivity index (χ3v) is 16.0. The van der Waals surface area contributed by atoms with Gasteiger partial charge in [0, 0.05) is 12.8 Å². The predicted octanol–water partition coefficient (Wildman–Crippen LogP) is 22.4. The lowest BCUT2D eigenvalue weighted by atomic mass is 10.0. The van der Waals surface area contributed by atoms with Crippen molar-refractivity contribution in [2.24, 2.45) is 0 Å². The van der Waals surface area contributed by atoms with Crippen LogP contribution >= 0.6 is 7.82 Å². The van der Waals surface area contributed by atoms with Gasteiger partial charge in [-0.2, -0.15) is 0 Å². The number of unbranched alkanes of at least 4 members (excludes halogenated alkanes) is 30. The maximum absolute atomic E-state index is 12.8. The quantitative estimate of drug-likeness (QED) is 0.0195. The highest BCUT2D eigenvalue weighted by molar-refractivity contribution is 7.45. The fraction of sp³-hybridized carbons (Fsp3) is 0.711. The van der Waals surface area contributed by atoms with Crippen molar-refractivity contribution in [1.29, 1.82) is 0 Å². The van der Waals surface area contributed by atoms with Crippen LogP contribution in [0.15, 0.2) is 122 Å². The Balaban J connectivity index is 4.16. The van der Waals surface area contributed by atoms with Gasteiger partial charge in [0.15, 0.2) is 6.10 Å². The zero-order valence-corrected chi connectivity index (χ0v) is 57.1. The number of esters is 2. The Morgan fingerprint density at radius 2 is 0.663 bits per heavy atom. The second-order valence-corrected chi connectivity index (χ2v) is 25.9. The smallest absolute Gasteiger partial charge is 0.306 e. The first kappa shape index (κ1) is 82.4. The zero-order chi connectivity index (χ0) is 62.6. The fourth-order valence-electron chi connectivity index (χ4n) is 9.63. The monoisotopic (exact) mass is 1220 g/mol. The van der Waals surface area contributed by atoms with Crippen LogP contribution in [0.1, 0.15) is 296 Å². The second-order valence-electron chi connectivity index (χ2n) is 24.5.